The van der Waals surface area contributed by atoms with E-state index < -0.39 is 0 Å². The van der Waals surface area contributed by atoms with E-state index in [0.29, 0.717) is 12.6 Å². The van der Waals surface area contributed by atoms with Crippen molar-refractivity contribution in [2.75, 3.05) is 6.54 Å². The molecule has 1 heterocycles. The maximum atomic E-state index is 12.2. The summed E-state index contributed by atoms with van der Waals surface area (Å²) in [5.74, 6) is 0.132. The van der Waals surface area contributed by atoms with Gasteiger partial charge in [-0.1, -0.05) is 25.1 Å². The van der Waals surface area contributed by atoms with E-state index in [1.54, 1.807) is 12.4 Å². The van der Waals surface area contributed by atoms with Gasteiger partial charge in [0.25, 0.3) is 0 Å². The van der Waals surface area contributed by atoms with E-state index in [-0.39, 0.29) is 5.78 Å². The number of nitrogens with one attached hydrogen (secondary N) is 1. The fraction of sp³-hybridized carbons (Fsp3) is 0.333. The molecule has 0 aliphatic rings. The highest BCUT2D eigenvalue weighted by Crippen LogP contribution is 2.17. The van der Waals surface area contributed by atoms with Crippen molar-refractivity contribution in [2.24, 2.45) is 0 Å². The summed E-state index contributed by atoms with van der Waals surface area (Å²) in [5, 5.41) is 5.21. The minimum atomic E-state index is 0.132. The molecule has 0 spiro atoms. The highest BCUT2D eigenvalue weighted by Gasteiger charge is 2.10. The van der Waals surface area contributed by atoms with E-state index in [4.69, 9.17) is 0 Å². The number of hydrogen-bond acceptors (Lipinski definition) is 3. The van der Waals surface area contributed by atoms with Crippen molar-refractivity contribution in [2.45, 2.75) is 26.3 Å². The molecule has 0 saturated heterocycles. The standard InChI is InChI=1S/C15H18N2O/c1-3-11(2)17-10-15(18)14-6-4-5-12-9-16-8-7-13(12)14/h4-9,11,17H,3,10H2,1-2H3. The smallest absolute Gasteiger partial charge is 0.177 e. The van der Waals surface area contributed by atoms with E-state index in [2.05, 4.69) is 24.1 Å². The lowest BCUT2D eigenvalue weighted by molar-refractivity contribution is 0.0989. The molecule has 1 aromatic heterocycles. The fourth-order valence-corrected chi connectivity index (χ4v) is 1.87. The molecule has 1 atom stereocenters. The lowest BCUT2D eigenvalue weighted by Gasteiger charge is -2.11. The molecule has 1 N–H and O–H groups in total. The van der Waals surface area contributed by atoms with Crippen LogP contribution in [-0.4, -0.2) is 23.4 Å². The lowest BCUT2D eigenvalue weighted by atomic mass is 10.0. The number of fused-ring (bicyclic) bond motifs is 1. The van der Waals surface area contributed by atoms with Gasteiger partial charge in [0.2, 0.25) is 0 Å². The van der Waals surface area contributed by atoms with Crippen LogP contribution in [0.3, 0.4) is 0 Å². The number of ketones is 1. The molecule has 0 bridgehead atoms. The second-order valence-electron chi connectivity index (χ2n) is 4.52. The Hall–Kier alpha value is -1.74. The van der Waals surface area contributed by atoms with Crippen molar-refractivity contribution < 1.29 is 4.79 Å². The SMILES string of the molecule is CCC(C)NCC(=O)c1cccc2cnccc12. The molecule has 0 aliphatic heterocycles. The molecule has 3 nitrogen and oxygen atoms in total. The van der Waals surface area contributed by atoms with Crippen LogP contribution in [0.4, 0.5) is 0 Å². The molecule has 0 amide bonds. The molecule has 1 unspecified atom stereocenters. The van der Waals surface area contributed by atoms with Gasteiger partial charge in [-0.25, -0.2) is 0 Å². The third kappa shape index (κ3) is 2.74. The summed E-state index contributed by atoms with van der Waals surface area (Å²) >= 11 is 0. The number of carbonyl (C=O) groups excluding carboxylic acids is 1. The van der Waals surface area contributed by atoms with Crippen LogP contribution in [0.5, 0.6) is 0 Å². The van der Waals surface area contributed by atoms with Gasteiger partial charge in [-0.15, -0.1) is 0 Å². The molecule has 0 radical (unpaired) electrons. The first-order valence-electron chi connectivity index (χ1n) is 6.31. The van der Waals surface area contributed by atoms with Crippen molar-refractivity contribution in [3.63, 3.8) is 0 Å². The Bertz CT molecular complexity index is 546. The van der Waals surface area contributed by atoms with Gasteiger partial charge in [-0.2, -0.15) is 0 Å². The average molecular weight is 242 g/mol. The summed E-state index contributed by atoms with van der Waals surface area (Å²) in [6.45, 7) is 4.57. The molecule has 3 heteroatoms. The summed E-state index contributed by atoms with van der Waals surface area (Å²) in [4.78, 5) is 16.3. The summed E-state index contributed by atoms with van der Waals surface area (Å²) in [6.07, 6.45) is 4.53. The van der Waals surface area contributed by atoms with E-state index in [1.165, 1.54) is 0 Å². The van der Waals surface area contributed by atoms with Gasteiger partial charge in [0.05, 0.1) is 6.54 Å². The molecule has 0 saturated carbocycles. The predicted molar refractivity (Wildman–Crippen MR) is 73.8 cm³/mol. The van der Waals surface area contributed by atoms with Crippen molar-refractivity contribution in [3.05, 3.63) is 42.2 Å². The Morgan fingerprint density at radius 1 is 1.39 bits per heavy atom. The third-order valence-electron chi connectivity index (χ3n) is 3.20. The Morgan fingerprint density at radius 3 is 3.00 bits per heavy atom. The van der Waals surface area contributed by atoms with Crippen LogP contribution in [0.15, 0.2) is 36.7 Å². The molecular weight excluding hydrogens is 224 g/mol. The Kier molecular flexibility index (Phi) is 4.05. The number of aromatic nitrogens is 1. The summed E-state index contributed by atoms with van der Waals surface area (Å²) in [5.41, 5.74) is 0.769. The van der Waals surface area contributed by atoms with E-state index in [1.807, 2.05) is 24.3 Å². The highest BCUT2D eigenvalue weighted by atomic mass is 16.1. The largest absolute Gasteiger partial charge is 0.307 e. The van der Waals surface area contributed by atoms with Crippen LogP contribution in [0, 0.1) is 0 Å². The van der Waals surface area contributed by atoms with E-state index in [0.717, 1.165) is 22.8 Å². The van der Waals surface area contributed by atoms with Gasteiger partial charge >= 0.3 is 0 Å². The normalized spacial score (nSPS) is 12.6. The first kappa shape index (κ1) is 12.7. The summed E-state index contributed by atoms with van der Waals surface area (Å²) < 4.78 is 0. The Labute approximate surface area is 107 Å². The van der Waals surface area contributed by atoms with Crippen molar-refractivity contribution in [1.82, 2.24) is 10.3 Å². The third-order valence-corrected chi connectivity index (χ3v) is 3.20. The second kappa shape index (κ2) is 5.74. The number of pyridine rings is 1. The van der Waals surface area contributed by atoms with Gasteiger partial charge in [-0.3, -0.25) is 9.78 Å². The van der Waals surface area contributed by atoms with Crippen LogP contribution in [0.1, 0.15) is 30.6 Å². The predicted octanol–water partition coefficient (Wildman–Crippen LogP) is 2.81. The summed E-state index contributed by atoms with van der Waals surface area (Å²) in [6, 6.07) is 8.02. The first-order chi connectivity index (χ1) is 8.72. The minimum Gasteiger partial charge on any atom is -0.307 e. The molecule has 94 valence electrons. The zero-order valence-electron chi connectivity index (χ0n) is 10.8. The molecule has 0 fully saturated rings. The quantitative estimate of drug-likeness (QED) is 0.820. The van der Waals surface area contributed by atoms with Crippen LogP contribution in [0.25, 0.3) is 10.8 Å². The average Bonchev–Trinajstić information content (AvgIpc) is 2.43. The van der Waals surface area contributed by atoms with Crippen molar-refractivity contribution in [3.8, 4) is 0 Å². The van der Waals surface area contributed by atoms with Crippen LogP contribution < -0.4 is 5.32 Å². The van der Waals surface area contributed by atoms with Crippen LogP contribution in [-0.2, 0) is 0 Å². The van der Waals surface area contributed by atoms with Gasteiger partial charge in [0.1, 0.15) is 0 Å². The van der Waals surface area contributed by atoms with Gasteiger partial charge in [0.15, 0.2) is 5.78 Å². The maximum absolute atomic E-state index is 12.2. The highest BCUT2D eigenvalue weighted by molar-refractivity contribution is 6.08. The minimum absolute atomic E-state index is 0.132. The number of rotatable bonds is 5. The van der Waals surface area contributed by atoms with Crippen molar-refractivity contribution in [1.29, 1.82) is 0 Å². The zero-order valence-corrected chi connectivity index (χ0v) is 10.8. The maximum Gasteiger partial charge on any atom is 0.177 e. The molecule has 2 aromatic rings. The van der Waals surface area contributed by atoms with E-state index in [9.17, 15) is 4.79 Å². The number of carbonyl (C=O) groups is 1. The Morgan fingerprint density at radius 2 is 2.22 bits per heavy atom. The molecule has 0 aliphatic carbocycles. The lowest BCUT2D eigenvalue weighted by Crippen LogP contribution is -2.30. The first-order valence-corrected chi connectivity index (χ1v) is 6.31. The van der Waals surface area contributed by atoms with E-state index >= 15 is 0 Å². The van der Waals surface area contributed by atoms with Gasteiger partial charge in [-0.05, 0) is 24.8 Å². The second-order valence-corrected chi connectivity index (χ2v) is 4.52. The summed E-state index contributed by atoms with van der Waals surface area (Å²) in [7, 11) is 0. The topological polar surface area (TPSA) is 42.0 Å². The van der Waals surface area contributed by atoms with Crippen LogP contribution in [0.2, 0.25) is 0 Å². The molecule has 18 heavy (non-hydrogen) atoms. The number of Topliss-reactive ketones (excluding diaryl/α,β-unsaturated/α-hetero) is 1. The fourth-order valence-electron chi connectivity index (χ4n) is 1.87. The van der Waals surface area contributed by atoms with Gasteiger partial charge in [0, 0.05) is 29.4 Å². The van der Waals surface area contributed by atoms with Crippen molar-refractivity contribution >= 4 is 16.6 Å². The Balaban J connectivity index is 2.22. The van der Waals surface area contributed by atoms with Crippen LogP contribution >= 0.6 is 0 Å². The molecular formula is C15H18N2O. The molecule has 2 rings (SSSR count). The number of nitrogens with zero attached hydrogens (tertiary/aromatic N) is 1. The molecule has 1 aromatic carbocycles. The number of benzene rings is 1. The number of hydrogen-bond donors (Lipinski definition) is 1. The zero-order chi connectivity index (χ0) is 13.0. The van der Waals surface area contributed by atoms with Gasteiger partial charge < -0.3 is 5.32 Å². The monoisotopic (exact) mass is 242 g/mol.